The van der Waals surface area contributed by atoms with E-state index < -0.39 is 5.97 Å². The number of carbonyl (C=O) groups is 2. The van der Waals surface area contributed by atoms with Crippen molar-refractivity contribution >= 4 is 11.9 Å². The first-order chi connectivity index (χ1) is 9.54. The summed E-state index contributed by atoms with van der Waals surface area (Å²) in [6, 6.07) is 5.91. The maximum Gasteiger partial charge on any atom is 0.306 e. The predicted molar refractivity (Wildman–Crippen MR) is 71.6 cm³/mol. The highest BCUT2D eigenvalue weighted by Gasteiger charge is 2.26. The summed E-state index contributed by atoms with van der Waals surface area (Å²) >= 11 is 0. The Morgan fingerprint density at radius 2 is 1.75 bits per heavy atom. The van der Waals surface area contributed by atoms with Crippen LogP contribution in [0.1, 0.15) is 31.2 Å². The third-order valence-electron chi connectivity index (χ3n) is 3.72. The van der Waals surface area contributed by atoms with Crippen LogP contribution in [0.4, 0.5) is 4.39 Å². The molecule has 1 aliphatic rings. The number of carbonyl (C=O) groups excluding carboxylic acids is 1. The average molecular weight is 279 g/mol. The van der Waals surface area contributed by atoms with E-state index in [1.165, 1.54) is 12.1 Å². The molecule has 20 heavy (non-hydrogen) atoms. The summed E-state index contributed by atoms with van der Waals surface area (Å²) in [5.41, 5.74) is 0.767. The van der Waals surface area contributed by atoms with Crippen molar-refractivity contribution in [1.82, 2.24) is 5.32 Å². The van der Waals surface area contributed by atoms with Crippen LogP contribution in [0.3, 0.4) is 0 Å². The Morgan fingerprint density at radius 3 is 2.30 bits per heavy atom. The summed E-state index contributed by atoms with van der Waals surface area (Å²) < 4.78 is 12.8. The van der Waals surface area contributed by atoms with Crippen LogP contribution < -0.4 is 5.32 Å². The molecule has 1 aromatic rings. The Kier molecular flexibility index (Phi) is 4.71. The zero-order chi connectivity index (χ0) is 14.5. The molecule has 1 saturated carbocycles. The molecule has 0 atom stereocenters. The van der Waals surface area contributed by atoms with Crippen LogP contribution in [0.15, 0.2) is 24.3 Å². The molecule has 0 aromatic heterocycles. The number of benzene rings is 1. The number of carboxylic acids is 1. The van der Waals surface area contributed by atoms with Crippen molar-refractivity contribution in [3.63, 3.8) is 0 Å². The van der Waals surface area contributed by atoms with E-state index in [1.807, 2.05) is 0 Å². The molecule has 2 rings (SSSR count). The summed E-state index contributed by atoms with van der Waals surface area (Å²) in [7, 11) is 0. The molecule has 0 spiro atoms. The van der Waals surface area contributed by atoms with Crippen LogP contribution in [0, 0.1) is 11.7 Å². The fraction of sp³-hybridized carbons (Fsp3) is 0.467. The van der Waals surface area contributed by atoms with E-state index in [-0.39, 0.29) is 30.1 Å². The molecule has 5 heteroatoms. The molecule has 0 bridgehead atoms. The quantitative estimate of drug-likeness (QED) is 0.887. The fourth-order valence-corrected chi connectivity index (χ4v) is 2.55. The lowest BCUT2D eigenvalue weighted by Crippen LogP contribution is -2.39. The van der Waals surface area contributed by atoms with Gasteiger partial charge in [-0.3, -0.25) is 9.59 Å². The topological polar surface area (TPSA) is 66.4 Å². The standard InChI is InChI=1S/C15H18FNO3/c16-12-5-1-10(2-6-12)9-14(18)17-13-7-3-11(4-8-13)15(19)20/h1-2,5-6,11,13H,3-4,7-9H2,(H,17,18)(H,19,20). The summed E-state index contributed by atoms with van der Waals surface area (Å²) in [6.45, 7) is 0. The number of hydrogen-bond donors (Lipinski definition) is 2. The number of amides is 1. The molecular formula is C15H18FNO3. The lowest BCUT2D eigenvalue weighted by Gasteiger charge is -2.26. The van der Waals surface area contributed by atoms with Crippen molar-refractivity contribution in [3.05, 3.63) is 35.6 Å². The van der Waals surface area contributed by atoms with Crippen molar-refractivity contribution < 1.29 is 19.1 Å². The van der Waals surface area contributed by atoms with Gasteiger partial charge in [0.2, 0.25) is 5.91 Å². The SMILES string of the molecule is O=C(Cc1ccc(F)cc1)NC1CCC(C(=O)O)CC1. The van der Waals surface area contributed by atoms with Crippen LogP contribution in [-0.4, -0.2) is 23.0 Å². The molecule has 0 radical (unpaired) electrons. The monoisotopic (exact) mass is 279 g/mol. The van der Waals surface area contributed by atoms with Gasteiger partial charge >= 0.3 is 5.97 Å². The van der Waals surface area contributed by atoms with Gasteiger partial charge in [0.25, 0.3) is 0 Å². The van der Waals surface area contributed by atoms with Gasteiger partial charge in [0.05, 0.1) is 12.3 Å². The van der Waals surface area contributed by atoms with Crippen molar-refractivity contribution in [2.75, 3.05) is 0 Å². The number of rotatable bonds is 4. The third-order valence-corrected chi connectivity index (χ3v) is 3.72. The van der Waals surface area contributed by atoms with E-state index in [4.69, 9.17) is 5.11 Å². The lowest BCUT2D eigenvalue weighted by atomic mass is 9.86. The fourth-order valence-electron chi connectivity index (χ4n) is 2.55. The van der Waals surface area contributed by atoms with E-state index in [0.29, 0.717) is 25.7 Å². The number of aliphatic carboxylic acids is 1. The Morgan fingerprint density at radius 1 is 1.15 bits per heavy atom. The van der Waals surface area contributed by atoms with Crippen molar-refractivity contribution in [2.45, 2.75) is 38.1 Å². The summed E-state index contributed by atoms with van der Waals surface area (Å²) in [5.74, 6) is -1.45. The number of halogens is 1. The Bertz CT molecular complexity index is 478. The zero-order valence-electron chi connectivity index (χ0n) is 11.1. The molecule has 0 aliphatic heterocycles. The number of hydrogen-bond acceptors (Lipinski definition) is 2. The van der Waals surface area contributed by atoms with Gasteiger partial charge < -0.3 is 10.4 Å². The van der Waals surface area contributed by atoms with Crippen LogP contribution in [0.25, 0.3) is 0 Å². The number of carboxylic acid groups (broad SMARTS) is 1. The second-order valence-electron chi connectivity index (χ2n) is 5.26. The third kappa shape index (κ3) is 4.05. The maximum absolute atomic E-state index is 12.8. The van der Waals surface area contributed by atoms with Crippen molar-refractivity contribution in [3.8, 4) is 0 Å². The van der Waals surface area contributed by atoms with Gasteiger partial charge in [-0.15, -0.1) is 0 Å². The summed E-state index contributed by atoms with van der Waals surface area (Å²) in [5, 5.41) is 11.8. The van der Waals surface area contributed by atoms with E-state index in [2.05, 4.69) is 5.32 Å². The highest BCUT2D eigenvalue weighted by atomic mass is 19.1. The minimum absolute atomic E-state index is 0.0542. The van der Waals surface area contributed by atoms with Gasteiger partial charge in [0.15, 0.2) is 0 Å². The highest BCUT2D eigenvalue weighted by molar-refractivity contribution is 5.79. The Balaban J connectivity index is 1.78. The molecule has 2 N–H and O–H groups in total. The smallest absolute Gasteiger partial charge is 0.306 e. The van der Waals surface area contributed by atoms with Crippen molar-refractivity contribution in [2.24, 2.45) is 5.92 Å². The first-order valence-electron chi connectivity index (χ1n) is 6.81. The average Bonchev–Trinajstić information content (AvgIpc) is 2.42. The second kappa shape index (κ2) is 6.50. The van der Waals surface area contributed by atoms with E-state index in [1.54, 1.807) is 12.1 Å². The molecule has 1 aromatic carbocycles. The lowest BCUT2D eigenvalue weighted by molar-refractivity contribution is -0.142. The van der Waals surface area contributed by atoms with Gasteiger partial charge in [-0.25, -0.2) is 4.39 Å². The first kappa shape index (κ1) is 14.5. The van der Waals surface area contributed by atoms with Crippen LogP contribution >= 0.6 is 0 Å². The largest absolute Gasteiger partial charge is 0.481 e. The van der Waals surface area contributed by atoms with Gasteiger partial charge in [-0.1, -0.05) is 12.1 Å². The minimum Gasteiger partial charge on any atom is -0.481 e. The maximum atomic E-state index is 12.8. The predicted octanol–water partition coefficient (Wildman–Crippen LogP) is 2.13. The van der Waals surface area contributed by atoms with E-state index in [0.717, 1.165) is 5.56 Å². The van der Waals surface area contributed by atoms with Crippen LogP contribution in [0.5, 0.6) is 0 Å². The number of nitrogens with one attached hydrogen (secondary N) is 1. The molecule has 1 amide bonds. The second-order valence-corrected chi connectivity index (χ2v) is 5.26. The van der Waals surface area contributed by atoms with Gasteiger partial charge in [-0.2, -0.15) is 0 Å². The normalized spacial score (nSPS) is 22.2. The van der Waals surface area contributed by atoms with E-state index in [9.17, 15) is 14.0 Å². The van der Waals surface area contributed by atoms with Crippen LogP contribution in [-0.2, 0) is 16.0 Å². The molecule has 108 valence electrons. The highest BCUT2D eigenvalue weighted by Crippen LogP contribution is 2.24. The van der Waals surface area contributed by atoms with Crippen molar-refractivity contribution in [1.29, 1.82) is 0 Å². The molecular weight excluding hydrogens is 261 g/mol. The van der Waals surface area contributed by atoms with Gasteiger partial charge in [0.1, 0.15) is 5.82 Å². The summed E-state index contributed by atoms with van der Waals surface area (Å²) in [4.78, 5) is 22.7. The molecule has 4 nitrogen and oxygen atoms in total. The van der Waals surface area contributed by atoms with E-state index >= 15 is 0 Å². The molecule has 1 fully saturated rings. The molecule has 0 saturated heterocycles. The zero-order valence-corrected chi connectivity index (χ0v) is 11.1. The Labute approximate surface area is 117 Å². The van der Waals surface area contributed by atoms with Crippen LogP contribution in [0.2, 0.25) is 0 Å². The summed E-state index contributed by atoms with van der Waals surface area (Å²) in [6.07, 6.45) is 2.84. The molecule has 1 aliphatic carbocycles. The van der Waals surface area contributed by atoms with Gasteiger partial charge in [-0.05, 0) is 43.4 Å². The van der Waals surface area contributed by atoms with Gasteiger partial charge in [0, 0.05) is 6.04 Å². The minimum atomic E-state index is -0.749. The Hall–Kier alpha value is -1.91. The molecule has 0 unspecified atom stereocenters. The molecule has 0 heterocycles. The first-order valence-corrected chi connectivity index (χ1v) is 6.81.